The second-order valence-corrected chi connectivity index (χ2v) is 7.51. The van der Waals surface area contributed by atoms with Crippen LogP contribution in [0.2, 0.25) is 0 Å². The minimum Gasteiger partial charge on any atom is -0.497 e. The van der Waals surface area contributed by atoms with Gasteiger partial charge >= 0.3 is 0 Å². The van der Waals surface area contributed by atoms with Crippen molar-refractivity contribution >= 4 is 39.6 Å². The number of benzene rings is 3. The van der Waals surface area contributed by atoms with Crippen LogP contribution in [0.15, 0.2) is 76.3 Å². The minimum atomic E-state index is -0.356. The van der Waals surface area contributed by atoms with E-state index in [-0.39, 0.29) is 18.4 Å². The maximum absolute atomic E-state index is 12.2. The van der Waals surface area contributed by atoms with Crippen molar-refractivity contribution in [3.05, 3.63) is 82.3 Å². The number of carbonyl (C=O) groups is 2. The number of hydrogen-bond donors (Lipinski definition) is 2. The molecule has 3 aromatic rings. The van der Waals surface area contributed by atoms with Crippen molar-refractivity contribution in [2.45, 2.75) is 0 Å². The van der Waals surface area contributed by atoms with Gasteiger partial charge in [-0.2, -0.15) is 5.10 Å². The molecule has 0 aliphatic rings. The van der Waals surface area contributed by atoms with E-state index < -0.39 is 0 Å². The van der Waals surface area contributed by atoms with E-state index in [0.717, 1.165) is 5.56 Å². The van der Waals surface area contributed by atoms with Crippen LogP contribution in [0.5, 0.6) is 17.2 Å². The van der Waals surface area contributed by atoms with E-state index in [9.17, 15) is 9.59 Å². The molecule has 0 heterocycles. The first-order valence-electron chi connectivity index (χ1n) is 9.83. The van der Waals surface area contributed by atoms with E-state index in [2.05, 4.69) is 31.8 Å². The summed E-state index contributed by atoms with van der Waals surface area (Å²) in [6, 6.07) is 19.1. The summed E-state index contributed by atoms with van der Waals surface area (Å²) in [5.41, 5.74) is 4.19. The van der Waals surface area contributed by atoms with Crippen molar-refractivity contribution in [3.63, 3.8) is 0 Å². The smallest absolute Gasteiger partial charge is 0.271 e. The van der Waals surface area contributed by atoms with Gasteiger partial charge in [-0.3, -0.25) is 9.59 Å². The quantitative estimate of drug-likeness (QED) is 0.330. The van der Waals surface area contributed by atoms with Gasteiger partial charge in [0.1, 0.15) is 17.2 Å². The van der Waals surface area contributed by atoms with E-state index in [1.54, 1.807) is 60.7 Å². The normalized spacial score (nSPS) is 10.5. The molecule has 0 saturated carbocycles. The Kier molecular flexibility index (Phi) is 8.43. The number of halogens is 1. The molecule has 0 unspecified atom stereocenters. The Hall–Kier alpha value is -3.85. The highest BCUT2D eigenvalue weighted by Crippen LogP contribution is 2.26. The predicted molar refractivity (Wildman–Crippen MR) is 129 cm³/mol. The van der Waals surface area contributed by atoms with Crippen LogP contribution in [0.1, 0.15) is 15.9 Å². The van der Waals surface area contributed by atoms with E-state index in [0.29, 0.717) is 33.0 Å². The van der Waals surface area contributed by atoms with Gasteiger partial charge in [-0.15, -0.1) is 0 Å². The highest BCUT2D eigenvalue weighted by Gasteiger charge is 2.10. The van der Waals surface area contributed by atoms with E-state index in [1.807, 2.05) is 6.07 Å². The number of amides is 2. The fourth-order valence-corrected chi connectivity index (χ4v) is 3.30. The number of anilines is 1. The molecule has 0 spiro atoms. The molecule has 170 valence electrons. The number of nitrogens with one attached hydrogen (secondary N) is 2. The number of rotatable bonds is 9. The van der Waals surface area contributed by atoms with Crippen molar-refractivity contribution in [3.8, 4) is 17.2 Å². The molecule has 0 radical (unpaired) electrons. The number of hydrogen-bond acceptors (Lipinski definition) is 6. The highest BCUT2D eigenvalue weighted by molar-refractivity contribution is 9.10. The lowest BCUT2D eigenvalue weighted by molar-refractivity contribution is -0.118. The molecule has 9 heteroatoms. The molecule has 0 aliphatic heterocycles. The summed E-state index contributed by atoms with van der Waals surface area (Å²) < 4.78 is 16.6. The summed E-state index contributed by atoms with van der Waals surface area (Å²) in [5, 5.41) is 6.73. The summed E-state index contributed by atoms with van der Waals surface area (Å²) in [7, 11) is 3.07. The molecule has 3 rings (SSSR count). The van der Waals surface area contributed by atoms with Gasteiger partial charge < -0.3 is 19.5 Å². The van der Waals surface area contributed by atoms with Crippen LogP contribution in [0, 0.1) is 0 Å². The number of hydrazone groups is 1. The molecule has 0 saturated heterocycles. The van der Waals surface area contributed by atoms with E-state index in [1.165, 1.54) is 20.4 Å². The molecular weight excluding hydrogens is 490 g/mol. The van der Waals surface area contributed by atoms with Crippen LogP contribution in [-0.4, -0.2) is 38.9 Å². The number of carbonyl (C=O) groups excluding carboxylic acids is 2. The maximum Gasteiger partial charge on any atom is 0.271 e. The van der Waals surface area contributed by atoms with Crippen molar-refractivity contribution < 1.29 is 23.8 Å². The Morgan fingerprint density at radius 2 is 1.79 bits per heavy atom. The second kappa shape index (κ2) is 11.7. The standard InChI is InChI=1S/C24H22BrN3O5/c1-31-18-7-5-6-17(13-18)24(30)28-26-14-16-10-11-21(19(25)12-16)33-15-23(29)27-20-8-3-4-9-22(20)32-2/h3-14H,15H2,1-2H3,(H,27,29)(H,28,30)/b26-14+. The lowest BCUT2D eigenvalue weighted by Crippen LogP contribution is -2.20. The largest absolute Gasteiger partial charge is 0.497 e. The minimum absolute atomic E-state index is 0.180. The van der Waals surface area contributed by atoms with Crippen LogP contribution >= 0.6 is 15.9 Å². The number of para-hydroxylation sites is 2. The first kappa shape index (κ1) is 23.8. The fraction of sp³-hybridized carbons (Fsp3) is 0.125. The molecule has 0 aromatic heterocycles. The zero-order valence-corrected chi connectivity index (χ0v) is 19.6. The van der Waals surface area contributed by atoms with Gasteiger partial charge in [0.25, 0.3) is 11.8 Å². The Labute approximate surface area is 199 Å². The van der Waals surface area contributed by atoms with E-state index >= 15 is 0 Å². The Balaban J connectivity index is 1.53. The van der Waals surface area contributed by atoms with Gasteiger partial charge in [0.05, 0.1) is 30.6 Å². The molecule has 3 aromatic carbocycles. The SMILES string of the molecule is COc1cccc(C(=O)N/N=C/c2ccc(OCC(=O)Nc3ccccc3OC)c(Br)c2)c1. The molecule has 8 nitrogen and oxygen atoms in total. The zero-order chi connectivity index (χ0) is 23.6. The topological polar surface area (TPSA) is 98.3 Å². The van der Waals surface area contributed by atoms with Crippen LogP contribution < -0.4 is 25.0 Å². The van der Waals surface area contributed by atoms with Crippen molar-refractivity contribution in [2.75, 3.05) is 26.1 Å². The first-order chi connectivity index (χ1) is 16.0. The second-order valence-electron chi connectivity index (χ2n) is 6.66. The molecule has 2 N–H and O–H groups in total. The summed E-state index contributed by atoms with van der Waals surface area (Å²) in [6.45, 7) is -0.180. The highest BCUT2D eigenvalue weighted by atomic mass is 79.9. The first-order valence-corrected chi connectivity index (χ1v) is 10.6. The Bertz CT molecular complexity index is 1170. The van der Waals surface area contributed by atoms with Crippen molar-refractivity contribution in [1.29, 1.82) is 0 Å². The monoisotopic (exact) mass is 511 g/mol. The Morgan fingerprint density at radius 3 is 2.55 bits per heavy atom. The molecule has 0 atom stereocenters. The summed E-state index contributed by atoms with van der Waals surface area (Å²) in [5.74, 6) is 0.960. The number of methoxy groups -OCH3 is 2. The molecule has 0 fully saturated rings. The van der Waals surface area contributed by atoms with Gasteiger partial charge in [-0.05, 0) is 70.0 Å². The third-order valence-corrected chi connectivity index (χ3v) is 5.03. The summed E-state index contributed by atoms with van der Waals surface area (Å²) >= 11 is 3.42. The molecule has 0 bridgehead atoms. The zero-order valence-electron chi connectivity index (χ0n) is 18.0. The molecule has 33 heavy (non-hydrogen) atoms. The lowest BCUT2D eigenvalue weighted by Gasteiger charge is -2.11. The van der Waals surface area contributed by atoms with Crippen LogP contribution in [0.4, 0.5) is 5.69 Å². The van der Waals surface area contributed by atoms with Gasteiger partial charge in [0.2, 0.25) is 0 Å². The van der Waals surface area contributed by atoms with E-state index in [4.69, 9.17) is 14.2 Å². The lowest BCUT2D eigenvalue weighted by atomic mass is 10.2. The number of nitrogens with zero attached hydrogens (tertiary/aromatic N) is 1. The van der Waals surface area contributed by atoms with Crippen LogP contribution in [-0.2, 0) is 4.79 Å². The van der Waals surface area contributed by atoms with Gasteiger partial charge in [0.15, 0.2) is 6.61 Å². The predicted octanol–water partition coefficient (Wildman–Crippen LogP) is 4.25. The molecule has 2 amide bonds. The van der Waals surface area contributed by atoms with Crippen molar-refractivity contribution in [2.24, 2.45) is 5.10 Å². The third-order valence-electron chi connectivity index (χ3n) is 4.41. The average molecular weight is 512 g/mol. The van der Waals surface area contributed by atoms with Gasteiger partial charge in [-0.25, -0.2) is 5.43 Å². The van der Waals surface area contributed by atoms with Crippen molar-refractivity contribution in [1.82, 2.24) is 5.43 Å². The summed E-state index contributed by atoms with van der Waals surface area (Å²) in [6.07, 6.45) is 1.50. The fourth-order valence-electron chi connectivity index (χ4n) is 2.79. The number of ether oxygens (including phenoxy) is 3. The summed E-state index contributed by atoms with van der Waals surface area (Å²) in [4.78, 5) is 24.4. The van der Waals surface area contributed by atoms with Crippen LogP contribution in [0.25, 0.3) is 0 Å². The third kappa shape index (κ3) is 6.81. The van der Waals surface area contributed by atoms with Crippen LogP contribution in [0.3, 0.4) is 0 Å². The molecular formula is C24H22BrN3O5. The van der Waals surface area contributed by atoms with Gasteiger partial charge in [0, 0.05) is 5.56 Å². The maximum atomic E-state index is 12.2. The Morgan fingerprint density at radius 1 is 0.970 bits per heavy atom. The van der Waals surface area contributed by atoms with Gasteiger partial charge in [-0.1, -0.05) is 18.2 Å². The molecule has 0 aliphatic carbocycles. The average Bonchev–Trinajstić information content (AvgIpc) is 2.83.